The largest absolute Gasteiger partial charge is 0.375 e. The fourth-order valence-electron chi connectivity index (χ4n) is 2.89. The van der Waals surface area contributed by atoms with E-state index in [-0.39, 0.29) is 17.0 Å². The molecule has 1 aliphatic rings. The van der Waals surface area contributed by atoms with E-state index in [0.29, 0.717) is 11.3 Å². The summed E-state index contributed by atoms with van der Waals surface area (Å²) in [5.41, 5.74) is -1.10. The van der Waals surface area contributed by atoms with Gasteiger partial charge in [-0.05, 0) is 31.2 Å². The molecule has 2 aromatic rings. The van der Waals surface area contributed by atoms with Crippen molar-refractivity contribution in [2.75, 3.05) is 15.8 Å². The summed E-state index contributed by atoms with van der Waals surface area (Å²) < 4.78 is 26.8. The number of hydrogen-bond donors (Lipinski definition) is 3. The van der Waals surface area contributed by atoms with Gasteiger partial charge in [-0.25, -0.2) is 8.42 Å². The van der Waals surface area contributed by atoms with Crippen molar-refractivity contribution in [3.63, 3.8) is 0 Å². The predicted octanol–water partition coefficient (Wildman–Crippen LogP) is 2.62. The lowest BCUT2D eigenvalue weighted by Crippen LogP contribution is -2.36. The Kier molecular flexibility index (Phi) is 5.11. The zero-order valence-electron chi connectivity index (χ0n) is 14.3. The molecule has 3 N–H and O–H groups in total. The van der Waals surface area contributed by atoms with Crippen LogP contribution in [0.15, 0.2) is 46.9 Å². The van der Waals surface area contributed by atoms with Gasteiger partial charge in [0, 0.05) is 21.3 Å². The van der Waals surface area contributed by atoms with Gasteiger partial charge in [0.05, 0.1) is 17.9 Å². The van der Waals surface area contributed by atoms with E-state index in [1.807, 2.05) is 0 Å². The quantitative estimate of drug-likeness (QED) is 0.583. The monoisotopic (exact) mass is 452 g/mol. The van der Waals surface area contributed by atoms with Crippen LogP contribution in [0.4, 0.5) is 11.4 Å². The lowest BCUT2D eigenvalue weighted by atomic mass is 9.88. The number of benzene rings is 2. The molecule has 1 heterocycles. The van der Waals surface area contributed by atoms with Gasteiger partial charge < -0.3 is 10.4 Å². The van der Waals surface area contributed by atoms with Gasteiger partial charge in [0.2, 0.25) is 10.0 Å². The number of carbonyl (C=O) groups excluding carboxylic acids is 2. The highest BCUT2D eigenvalue weighted by molar-refractivity contribution is 9.10. The predicted molar refractivity (Wildman–Crippen MR) is 105 cm³/mol. The Hall–Kier alpha value is -2.23. The van der Waals surface area contributed by atoms with Crippen molar-refractivity contribution in [2.45, 2.75) is 18.9 Å². The average Bonchev–Trinajstić information content (AvgIpc) is 2.84. The first-order valence-electron chi connectivity index (χ1n) is 8.13. The van der Waals surface area contributed by atoms with Gasteiger partial charge in [0.15, 0.2) is 11.4 Å². The Balaban J connectivity index is 1.94. The molecule has 0 saturated heterocycles. The highest BCUT2D eigenvalue weighted by Crippen LogP contribution is 2.40. The minimum Gasteiger partial charge on any atom is -0.375 e. The van der Waals surface area contributed by atoms with Crippen molar-refractivity contribution in [3.05, 3.63) is 58.1 Å². The minimum absolute atomic E-state index is 0.0845. The molecule has 0 bridgehead atoms. The number of fused-ring (bicyclic) bond motifs is 1. The van der Waals surface area contributed by atoms with Crippen LogP contribution in [-0.4, -0.2) is 31.0 Å². The molecule has 0 radical (unpaired) electrons. The van der Waals surface area contributed by atoms with Crippen LogP contribution in [0.1, 0.15) is 29.3 Å². The topological polar surface area (TPSA) is 113 Å². The summed E-state index contributed by atoms with van der Waals surface area (Å²) in [6.07, 6.45) is -0.516. The van der Waals surface area contributed by atoms with Gasteiger partial charge >= 0.3 is 0 Å². The molecule has 2 aromatic carbocycles. The van der Waals surface area contributed by atoms with Crippen LogP contribution >= 0.6 is 15.9 Å². The van der Waals surface area contributed by atoms with E-state index < -0.39 is 33.7 Å². The van der Waals surface area contributed by atoms with E-state index in [2.05, 4.69) is 26.0 Å². The number of anilines is 2. The third kappa shape index (κ3) is 3.76. The van der Waals surface area contributed by atoms with Crippen molar-refractivity contribution in [1.29, 1.82) is 0 Å². The summed E-state index contributed by atoms with van der Waals surface area (Å²) in [5, 5.41) is 13.5. The average molecular weight is 453 g/mol. The molecular weight excluding hydrogens is 436 g/mol. The summed E-state index contributed by atoms with van der Waals surface area (Å²) in [4.78, 5) is 25.2. The number of carbonyl (C=O) groups is 2. The first-order chi connectivity index (χ1) is 12.7. The van der Waals surface area contributed by atoms with E-state index >= 15 is 0 Å². The highest BCUT2D eigenvalue weighted by Gasteiger charge is 2.47. The lowest BCUT2D eigenvalue weighted by molar-refractivity contribution is -0.133. The number of hydrogen-bond acceptors (Lipinski definition) is 5. The van der Waals surface area contributed by atoms with Gasteiger partial charge in [-0.3, -0.25) is 14.3 Å². The third-order valence-corrected chi connectivity index (χ3v) is 6.12. The molecule has 142 valence electrons. The second kappa shape index (κ2) is 7.06. The molecule has 3 rings (SSSR count). The molecule has 7 nitrogen and oxygen atoms in total. The summed E-state index contributed by atoms with van der Waals surface area (Å²) in [6.45, 7) is 1.48. The Morgan fingerprint density at radius 2 is 1.96 bits per heavy atom. The maximum atomic E-state index is 12.8. The van der Waals surface area contributed by atoms with Crippen LogP contribution in [0.25, 0.3) is 0 Å². The van der Waals surface area contributed by atoms with Gasteiger partial charge in [0.25, 0.3) is 5.91 Å². The van der Waals surface area contributed by atoms with Gasteiger partial charge in [-0.15, -0.1) is 0 Å². The first-order valence-corrected chi connectivity index (χ1v) is 10.6. The third-order valence-electron chi connectivity index (χ3n) is 4.34. The highest BCUT2D eigenvalue weighted by atomic mass is 79.9. The summed E-state index contributed by atoms with van der Waals surface area (Å²) >= 11 is 3.29. The Bertz CT molecular complexity index is 1040. The molecule has 1 amide bonds. The molecule has 0 aromatic heterocycles. The van der Waals surface area contributed by atoms with E-state index in [1.54, 1.807) is 30.3 Å². The summed E-state index contributed by atoms with van der Waals surface area (Å²) in [5.74, 6) is -1.40. The Morgan fingerprint density at radius 3 is 2.67 bits per heavy atom. The smallest absolute Gasteiger partial charge is 0.261 e. The molecule has 0 saturated carbocycles. The fourth-order valence-corrected chi connectivity index (χ4v) is 3.91. The van der Waals surface area contributed by atoms with Crippen molar-refractivity contribution in [2.24, 2.45) is 0 Å². The number of ketones is 1. The van der Waals surface area contributed by atoms with Crippen LogP contribution in [-0.2, 0) is 20.4 Å². The van der Waals surface area contributed by atoms with E-state index in [4.69, 9.17) is 0 Å². The molecule has 0 aliphatic carbocycles. The van der Waals surface area contributed by atoms with Crippen LogP contribution in [0.2, 0.25) is 0 Å². The maximum Gasteiger partial charge on any atom is 0.261 e. The fraction of sp³-hybridized carbons (Fsp3) is 0.222. The molecule has 0 fully saturated rings. The van der Waals surface area contributed by atoms with Crippen molar-refractivity contribution in [3.8, 4) is 0 Å². The zero-order chi connectivity index (χ0) is 19.8. The molecule has 27 heavy (non-hydrogen) atoms. The number of halogens is 1. The number of Topliss-reactive ketones (excluding diaryl/α,β-unsaturated/α-hetero) is 1. The molecule has 9 heteroatoms. The second-order valence-corrected chi connectivity index (χ2v) is 9.08. The van der Waals surface area contributed by atoms with Gasteiger partial charge in [0.1, 0.15) is 0 Å². The van der Waals surface area contributed by atoms with Crippen molar-refractivity contribution >= 4 is 49.0 Å². The van der Waals surface area contributed by atoms with Crippen LogP contribution in [0, 0.1) is 0 Å². The lowest BCUT2D eigenvalue weighted by Gasteiger charge is -2.21. The van der Waals surface area contributed by atoms with E-state index in [0.717, 1.165) is 4.47 Å². The SMILES string of the molecule is CCS(=O)(=O)Nc1ccccc1C(=O)CC1(O)C(=O)Nc2cc(Br)ccc21. The zero-order valence-corrected chi connectivity index (χ0v) is 16.7. The molecule has 1 unspecified atom stereocenters. The van der Waals surface area contributed by atoms with Gasteiger partial charge in [-0.2, -0.15) is 0 Å². The maximum absolute atomic E-state index is 12.8. The number of rotatable bonds is 6. The Labute approximate surface area is 165 Å². The summed E-state index contributed by atoms with van der Waals surface area (Å²) in [7, 11) is -3.58. The number of amides is 1. The second-order valence-electron chi connectivity index (χ2n) is 6.16. The van der Waals surface area contributed by atoms with E-state index in [9.17, 15) is 23.1 Å². The minimum atomic E-state index is -3.58. The number of sulfonamides is 1. The first kappa shape index (κ1) is 19.5. The Morgan fingerprint density at radius 1 is 1.26 bits per heavy atom. The van der Waals surface area contributed by atoms with E-state index in [1.165, 1.54) is 19.1 Å². The van der Waals surface area contributed by atoms with Crippen LogP contribution < -0.4 is 10.0 Å². The van der Waals surface area contributed by atoms with Crippen molar-refractivity contribution < 1.29 is 23.1 Å². The van der Waals surface area contributed by atoms with Crippen LogP contribution in [0.3, 0.4) is 0 Å². The number of para-hydroxylation sites is 1. The number of aliphatic hydroxyl groups is 1. The van der Waals surface area contributed by atoms with Gasteiger partial charge in [-0.1, -0.05) is 34.1 Å². The summed E-state index contributed by atoms with van der Waals surface area (Å²) in [6, 6.07) is 11.0. The normalized spacial score (nSPS) is 18.7. The van der Waals surface area contributed by atoms with Crippen molar-refractivity contribution in [1.82, 2.24) is 0 Å². The molecular formula is C18H17BrN2O5S. The molecule has 1 aliphatic heterocycles. The van der Waals surface area contributed by atoms with Crippen LogP contribution in [0.5, 0.6) is 0 Å². The molecule has 0 spiro atoms. The molecule has 1 atom stereocenters. The number of nitrogens with one attached hydrogen (secondary N) is 2. The standard InChI is InChI=1S/C18H17BrN2O5S/c1-2-27(25,26)21-14-6-4-3-5-12(14)16(22)10-18(24)13-8-7-11(19)9-15(13)20-17(18)23/h3-9,21,24H,2,10H2,1H3,(H,20,23).